The number of thioether (sulfide) groups is 1. The van der Waals surface area contributed by atoms with Crippen molar-refractivity contribution in [2.45, 2.75) is 19.1 Å². The highest BCUT2D eigenvalue weighted by Crippen LogP contribution is 2.59. The van der Waals surface area contributed by atoms with E-state index < -0.39 is 39.2 Å². The monoisotopic (exact) mass is 546 g/mol. The van der Waals surface area contributed by atoms with Gasteiger partial charge in [-0.1, -0.05) is 72.4 Å². The van der Waals surface area contributed by atoms with Crippen molar-refractivity contribution in [2.24, 2.45) is 16.3 Å². The first-order valence-electron chi connectivity index (χ1n) is 12.3. The van der Waals surface area contributed by atoms with Crippen LogP contribution >= 0.6 is 11.8 Å². The molecule has 39 heavy (non-hydrogen) atoms. The zero-order valence-electron chi connectivity index (χ0n) is 21.3. The molecule has 0 radical (unpaired) electrons. The number of nitro benzene ring substituents is 1. The number of rotatable bonds is 9. The molecule has 0 unspecified atom stereocenters. The number of ketones is 1. The van der Waals surface area contributed by atoms with Gasteiger partial charge in [0.25, 0.3) is 5.69 Å². The number of non-ortho nitro benzene ring substituents is 1. The van der Waals surface area contributed by atoms with E-state index in [9.17, 15) is 24.5 Å². The molecule has 3 aromatic rings. The molecular formula is C29H26N2O7S. The Hall–Kier alpha value is -4.31. The molecule has 10 heteroatoms. The molecule has 0 N–H and O–H groups in total. The predicted molar refractivity (Wildman–Crippen MR) is 147 cm³/mol. The highest BCUT2D eigenvalue weighted by Gasteiger charge is 2.68. The molecule has 200 valence electrons. The number of esters is 2. The maximum atomic E-state index is 14.2. The number of aliphatic imine (C=N–C) groups is 1. The number of para-hydroxylation sites is 1. The van der Waals surface area contributed by atoms with Crippen molar-refractivity contribution in [1.29, 1.82) is 0 Å². The minimum Gasteiger partial charge on any atom is -0.465 e. The van der Waals surface area contributed by atoms with Crippen molar-refractivity contribution in [1.82, 2.24) is 0 Å². The molecule has 3 aromatic carbocycles. The van der Waals surface area contributed by atoms with E-state index in [1.54, 1.807) is 74.5 Å². The summed E-state index contributed by atoms with van der Waals surface area (Å²) in [6.45, 7) is 3.12. The number of nitro groups is 1. The minimum absolute atomic E-state index is 0.0439. The third-order valence-corrected chi connectivity index (χ3v) is 7.73. The minimum atomic E-state index is -2.20. The van der Waals surface area contributed by atoms with Crippen molar-refractivity contribution in [3.63, 3.8) is 0 Å². The van der Waals surface area contributed by atoms with Crippen molar-refractivity contribution in [2.75, 3.05) is 13.2 Å². The van der Waals surface area contributed by atoms with Crippen LogP contribution in [-0.4, -0.2) is 40.9 Å². The predicted octanol–water partition coefficient (Wildman–Crippen LogP) is 5.72. The maximum absolute atomic E-state index is 14.2. The summed E-state index contributed by atoms with van der Waals surface area (Å²) in [4.78, 5) is 57.5. The second-order valence-electron chi connectivity index (χ2n) is 8.60. The third kappa shape index (κ3) is 5.33. The first kappa shape index (κ1) is 27.7. The van der Waals surface area contributed by atoms with Crippen molar-refractivity contribution in [3.8, 4) is 0 Å². The molecule has 1 fully saturated rings. The molecular weight excluding hydrogens is 520 g/mol. The second-order valence-corrected chi connectivity index (χ2v) is 9.73. The lowest BCUT2D eigenvalue weighted by molar-refractivity contribution is -0.384. The van der Waals surface area contributed by atoms with Crippen LogP contribution in [0.5, 0.6) is 0 Å². The average molecular weight is 547 g/mol. The molecule has 0 aromatic heterocycles. The lowest BCUT2D eigenvalue weighted by Crippen LogP contribution is -2.52. The fourth-order valence-corrected chi connectivity index (χ4v) is 6.17. The lowest BCUT2D eigenvalue weighted by Gasteiger charge is -2.31. The number of Topliss-reactive ketones (excluding diaryl/α,β-unsaturated/α-hetero) is 1. The van der Waals surface area contributed by atoms with Crippen LogP contribution in [0.2, 0.25) is 0 Å². The summed E-state index contributed by atoms with van der Waals surface area (Å²) in [5.74, 6) is -3.67. The van der Waals surface area contributed by atoms with Gasteiger partial charge in [-0.25, -0.2) is 4.99 Å². The van der Waals surface area contributed by atoms with Gasteiger partial charge in [-0.3, -0.25) is 24.5 Å². The smallest absolute Gasteiger partial charge is 0.331 e. The Morgan fingerprint density at radius 3 is 1.92 bits per heavy atom. The van der Waals surface area contributed by atoms with Crippen LogP contribution in [-0.2, 0) is 19.1 Å². The zero-order valence-corrected chi connectivity index (χ0v) is 22.1. The third-order valence-electron chi connectivity index (χ3n) is 6.30. The number of nitrogens with zero attached hydrogens (tertiary/aromatic N) is 2. The first-order valence-corrected chi connectivity index (χ1v) is 13.2. The van der Waals surface area contributed by atoms with Crippen LogP contribution in [0.3, 0.4) is 0 Å². The molecule has 1 saturated heterocycles. The second kappa shape index (κ2) is 12.0. The molecule has 1 aliphatic heterocycles. The average Bonchev–Trinajstić information content (AvgIpc) is 3.29. The first-order chi connectivity index (χ1) is 18.8. The fourth-order valence-electron chi connectivity index (χ4n) is 4.54. The Bertz CT molecular complexity index is 1370. The molecule has 1 heterocycles. The Kier molecular flexibility index (Phi) is 8.55. The van der Waals surface area contributed by atoms with Crippen LogP contribution in [0, 0.1) is 21.4 Å². The van der Waals surface area contributed by atoms with E-state index in [0.717, 1.165) is 11.8 Å². The molecule has 4 rings (SSSR count). The van der Waals surface area contributed by atoms with Crippen LogP contribution in [0.1, 0.15) is 35.0 Å². The van der Waals surface area contributed by atoms with Crippen LogP contribution in [0.15, 0.2) is 89.9 Å². The van der Waals surface area contributed by atoms with Crippen molar-refractivity contribution < 1.29 is 28.8 Å². The summed E-state index contributed by atoms with van der Waals surface area (Å²) < 4.78 is 10.9. The van der Waals surface area contributed by atoms with Gasteiger partial charge in [-0.15, -0.1) is 0 Å². The van der Waals surface area contributed by atoms with Gasteiger partial charge in [0.2, 0.25) is 5.41 Å². The summed E-state index contributed by atoms with van der Waals surface area (Å²) >= 11 is 1.08. The van der Waals surface area contributed by atoms with E-state index in [4.69, 9.17) is 9.47 Å². The Balaban J connectivity index is 2.02. The van der Waals surface area contributed by atoms with Crippen LogP contribution < -0.4 is 0 Å². The van der Waals surface area contributed by atoms with Gasteiger partial charge in [0.15, 0.2) is 5.78 Å². The number of hydrogen-bond acceptors (Lipinski definition) is 9. The highest BCUT2D eigenvalue weighted by atomic mass is 32.2. The van der Waals surface area contributed by atoms with E-state index >= 15 is 0 Å². The van der Waals surface area contributed by atoms with E-state index in [0.29, 0.717) is 11.3 Å². The molecule has 0 aliphatic carbocycles. The van der Waals surface area contributed by atoms with E-state index in [-0.39, 0.29) is 29.5 Å². The molecule has 1 aliphatic rings. The molecule has 0 bridgehead atoms. The Morgan fingerprint density at radius 1 is 0.872 bits per heavy atom. The van der Waals surface area contributed by atoms with Gasteiger partial charge in [0.05, 0.1) is 29.7 Å². The zero-order chi connectivity index (χ0) is 28.0. The molecule has 9 nitrogen and oxygen atoms in total. The van der Waals surface area contributed by atoms with Crippen molar-refractivity contribution in [3.05, 3.63) is 106 Å². The molecule has 0 spiro atoms. The quantitative estimate of drug-likeness (QED) is 0.110. The van der Waals surface area contributed by atoms with Crippen LogP contribution in [0.25, 0.3) is 0 Å². The van der Waals surface area contributed by atoms with Gasteiger partial charge in [-0.2, -0.15) is 0 Å². The van der Waals surface area contributed by atoms with Gasteiger partial charge in [0.1, 0.15) is 5.04 Å². The van der Waals surface area contributed by atoms with Gasteiger partial charge in [0, 0.05) is 22.9 Å². The van der Waals surface area contributed by atoms with Crippen LogP contribution in [0.4, 0.5) is 11.4 Å². The molecule has 0 saturated carbocycles. The number of carbonyl (C=O) groups is 3. The fraction of sp³-hybridized carbons (Fsp3) is 0.241. The number of carbonyl (C=O) groups excluding carboxylic acids is 3. The maximum Gasteiger partial charge on any atom is 0.331 e. The topological polar surface area (TPSA) is 125 Å². The van der Waals surface area contributed by atoms with E-state index in [2.05, 4.69) is 4.99 Å². The standard InChI is InChI=1S/C29H26N2O7S/c1-3-37-27(33)29(28(34)38-4-2)23(24(32)19-11-7-5-8-12-19)25(20-15-17-22(18-16-20)31(35)36)39-26(29)30-21-13-9-6-10-14-21/h5-18,23,25H,3-4H2,1-2H3/t23-,25-/m1/s1. The summed E-state index contributed by atoms with van der Waals surface area (Å²) in [6.07, 6.45) is 0. The molecule has 2 atom stereocenters. The van der Waals surface area contributed by atoms with Gasteiger partial charge in [-0.05, 0) is 31.5 Å². The summed E-state index contributed by atoms with van der Waals surface area (Å²) in [5.41, 5.74) is -1.07. The number of benzene rings is 3. The number of hydrogen-bond donors (Lipinski definition) is 0. The van der Waals surface area contributed by atoms with E-state index in [1.165, 1.54) is 24.3 Å². The number of ether oxygens (including phenoxy) is 2. The summed E-state index contributed by atoms with van der Waals surface area (Å²) in [5, 5.41) is 10.5. The highest BCUT2D eigenvalue weighted by molar-refractivity contribution is 8.14. The molecule has 0 amide bonds. The van der Waals surface area contributed by atoms with Crippen molar-refractivity contribution >= 4 is 45.9 Å². The lowest BCUT2D eigenvalue weighted by atomic mass is 9.69. The van der Waals surface area contributed by atoms with Gasteiger partial charge >= 0.3 is 11.9 Å². The summed E-state index contributed by atoms with van der Waals surface area (Å²) in [6, 6.07) is 22.8. The Labute approximate surface area is 229 Å². The normalized spacial score (nSPS) is 18.9. The largest absolute Gasteiger partial charge is 0.465 e. The van der Waals surface area contributed by atoms with Gasteiger partial charge < -0.3 is 9.47 Å². The SMILES string of the molecule is CCOC(=O)C1(C(=O)OCC)C(=Nc2ccccc2)S[C@H](c2ccc([N+](=O)[O-])cc2)[C@H]1C(=O)c1ccccc1. The summed E-state index contributed by atoms with van der Waals surface area (Å²) in [7, 11) is 0. The van der Waals surface area contributed by atoms with E-state index in [1.807, 2.05) is 0 Å². The Morgan fingerprint density at radius 2 is 1.41 bits per heavy atom.